The number of hydrogen-bond acceptors (Lipinski definition) is 4. The summed E-state index contributed by atoms with van der Waals surface area (Å²) in [6, 6.07) is 0.387. The lowest BCUT2D eigenvalue weighted by Gasteiger charge is -2.37. The maximum absolute atomic E-state index is 11.5. The van der Waals surface area contributed by atoms with Crippen LogP contribution in [0.3, 0.4) is 0 Å². The van der Waals surface area contributed by atoms with Crippen molar-refractivity contribution in [1.29, 1.82) is 0 Å². The molecule has 1 aromatic heterocycles. The normalized spacial score (nSPS) is 30.7. The van der Waals surface area contributed by atoms with E-state index < -0.39 is 9.84 Å². The van der Waals surface area contributed by atoms with Crippen LogP contribution < -0.4 is 0 Å². The largest absolute Gasteiger partial charge is 0.320 e. The zero-order valence-corrected chi connectivity index (χ0v) is 10.5. The van der Waals surface area contributed by atoms with Crippen molar-refractivity contribution >= 4 is 9.84 Å². The Labute approximate surface area is 101 Å². The average molecular weight is 257 g/mol. The van der Waals surface area contributed by atoms with Crippen molar-refractivity contribution in [2.24, 2.45) is 0 Å². The predicted molar refractivity (Wildman–Crippen MR) is 62.1 cm³/mol. The highest BCUT2D eigenvalue weighted by atomic mass is 32.2. The van der Waals surface area contributed by atoms with E-state index in [4.69, 9.17) is 0 Å². The monoisotopic (exact) mass is 257 g/mol. The second-order valence-corrected chi connectivity index (χ2v) is 7.47. The Balaban J connectivity index is 1.72. The van der Waals surface area contributed by atoms with Gasteiger partial charge < -0.3 is 4.48 Å². The molecule has 1 atom stereocenters. The lowest BCUT2D eigenvalue weighted by molar-refractivity contribution is -0.914. The highest BCUT2D eigenvalue weighted by Gasteiger charge is 2.43. The summed E-state index contributed by atoms with van der Waals surface area (Å²) in [6.07, 6.45) is 4.39. The van der Waals surface area contributed by atoms with Gasteiger partial charge in [-0.15, -0.1) is 0 Å². The summed E-state index contributed by atoms with van der Waals surface area (Å²) in [6.45, 7) is 3.61. The number of nitrogens with zero attached hydrogens (tertiary/aromatic N) is 4. The quantitative estimate of drug-likeness (QED) is 0.634. The summed E-state index contributed by atoms with van der Waals surface area (Å²) >= 11 is 0. The lowest BCUT2D eigenvalue weighted by Crippen LogP contribution is -2.55. The molecule has 1 spiro atoms. The molecule has 0 aromatic carbocycles. The first-order valence-corrected chi connectivity index (χ1v) is 7.80. The van der Waals surface area contributed by atoms with E-state index in [1.807, 2.05) is 4.68 Å². The van der Waals surface area contributed by atoms with Gasteiger partial charge >= 0.3 is 0 Å². The minimum Gasteiger partial charge on any atom is -0.320 e. The van der Waals surface area contributed by atoms with Crippen LogP contribution in [0.15, 0.2) is 12.7 Å². The summed E-state index contributed by atoms with van der Waals surface area (Å²) in [5.74, 6) is 0.689. The van der Waals surface area contributed by atoms with Gasteiger partial charge in [0.15, 0.2) is 9.84 Å². The van der Waals surface area contributed by atoms with Gasteiger partial charge in [0.05, 0.1) is 31.1 Å². The van der Waals surface area contributed by atoms with Crippen LogP contribution >= 0.6 is 0 Å². The molecule has 94 valence electrons. The molecular formula is C10H17N4O2S+. The summed E-state index contributed by atoms with van der Waals surface area (Å²) in [5.41, 5.74) is 0. The lowest BCUT2D eigenvalue weighted by atomic mass is 10.3. The van der Waals surface area contributed by atoms with E-state index in [0.717, 1.165) is 37.1 Å². The van der Waals surface area contributed by atoms with Crippen molar-refractivity contribution in [3.63, 3.8) is 0 Å². The third kappa shape index (κ3) is 2.09. The van der Waals surface area contributed by atoms with Crippen LogP contribution in [-0.4, -0.2) is 65.4 Å². The van der Waals surface area contributed by atoms with Gasteiger partial charge in [0.2, 0.25) is 0 Å². The smallest absolute Gasteiger partial charge is 0.161 e. The Kier molecular flexibility index (Phi) is 2.48. The maximum Gasteiger partial charge on any atom is 0.161 e. The molecule has 2 fully saturated rings. The number of quaternary nitrogens is 1. The van der Waals surface area contributed by atoms with Crippen molar-refractivity contribution in [2.75, 3.05) is 37.7 Å². The Bertz CT molecular complexity index is 482. The van der Waals surface area contributed by atoms with Gasteiger partial charge in [-0.2, -0.15) is 5.10 Å². The minimum absolute atomic E-state index is 0.344. The summed E-state index contributed by atoms with van der Waals surface area (Å²) in [4.78, 5) is 3.97. The second kappa shape index (κ2) is 3.78. The Morgan fingerprint density at radius 2 is 2.00 bits per heavy atom. The van der Waals surface area contributed by atoms with Crippen LogP contribution in [0, 0.1) is 0 Å². The molecule has 0 saturated carbocycles. The molecule has 0 amide bonds. The van der Waals surface area contributed by atoms with Gasteiger partial charge in [0, 0.05) is 6.42 Å². The number of hydrogen-bond donors (Lipinski definition) is 0. The van der Waals surface area contributed by atoms with Crippen molar-refractivity contribution in [1.82, 2.24) is 14.8 Å². The highest BCUT2D eigenvalue weighted by molar-refractivity contribution is 7.91. The van der Waals surface area contributed by atoms with Crippen LogP contribution in [0.25, 0.3) is 0 Å². The van der Waals surface area contributed by atoms with Gasteiger partial charge in [-0.25, -0.2) is 18.1 Å². The molecule has 0 N–H and O–H groups in total. The molecule has 7 heteroatoms. The summed E-state index contributed by atoms with van der Waals surface area (Å²) in [7, 11) is -2.77. The fraction of sp³-hybridized carbons (Fsp3) is 0.800. The summed E-state index contributed by atoms with van der Waals surface area (Å²) < 4.78 is 25.8. The standard InChI is InChI=1S/C10H17N4O2S/c15-17(16)5-3-14(4-6-17)2-1-10(7-14)13-9-11-8-12-13/h8-10H,1-7H2/q+1. The van der Waals surface area contributed by atoms with Gasteiger partial charge in [0.1, 0.15) is 25.2 Å². The zero-order valence-electron chi connectivity index (χ0n) is 9.70. The van der Waals surface area contributed by atoms with Gasteiger partial charge in [0.25, 0.3) is 0 Å². The minimum atomic E-state index is -2.77. The molecule has 1 aromatic rings. The first-order valence-electron chi connectivity index (χ1n) is 5.98. The fourth-order valence-corrected chi connectivity index (χ4v) is 4.49. The first-order chi connectivity index (χ1) is 8.09. The van der Waals surface area contributed by atoms with E-state index in [9.17, 15) is 8.42 Å². The molecule has 6 nitrogen and oxygen atoms in total. The molecule has 1 unspecified atom stereocenters. The van der Waals surface area contributed by atoms with Crippen molar-refractivity contribution in [3.8, 4) is 0 Å². The van der Waals surface area contributed by atoms with E-state index in [2.05, 4.69) is 10.1 Å². The number of rotatable bonds is 1. The summed E-state index contributed by atoms with van der Waals surface area (Å²) in [5, 5.41) is 4.18. The van der Waals surface area contributed by atoms with Crippen LogP contribution in [0.1, 0.15) is 12.5 Å². The van der Waals surface area contributed by atoms with E-state index >= 15 is 0 Å². The van der Waals surface area contributed by atoms with Crippen LogP contribution in [0.5, 0.6) is 0 Å². The van der Waals surface area contributed by atoms with E-state index in [-0.39, 0.29) is 0 Å². The first kappa shape index (κ1) is 11.2. The zero-order chi connectivity index (χ0) is 11.9. The SMILES string of the molecule is O=S1(=O)CC[N+]2(CCC(n3cncn3)C2)CC1. The molecule has 2 saturated heterocycles. The number of aromatic nitrogens is 3. The van der Waals surface area contributed by atoms with E-state index in [0.29, 0.717) is 17.5 Å². The Morgan fingerprint density at radius 1 is 1.24 bits per heavy atom. The maximum atomic E-state index is 11.5. The van der Waals surface area contributed by atoms with E-state index in [1.165, 1.54) is 0 Å². The van der Waals surface area contributed by atoms with Crippen LogP contribution in [0.2, 0.25) is 0 Å². The Hall–Kier alpha value is -0.950. The molecule has 2 aliphatic heterocycles. The molecule has 0 bridgehead atoms. The van der Waals surface area contributed by atoms with Gasteiger partial charge in [-0.1, -0.05) is 0 Å². The average Bonchev–Trinajstić information content (AvgIpc) is 2.93. The van der Waals surface area contributed by atoms with Gasteiger partial charge in [-0.3, -0.25) is 0 Å². The molecular weight excluding hydrogens is 240 g/mol. The Morgan fingerprint density at radius 3 is 2.65 bits per heavy atom. The second-order valence-electron chi connectivity index (χ2n) is 5.16. The van der Waals surface area contributed by atoms with Crippen LogP contribution in [-0.2, 0) is 9.84 Å². The fourth-order valence-electron chi connectivity index (χ4n) is 2.96. The number of sulfone groups is 1. The van der Waals surface area contributed by atoms with Crippen molar-refractivity contribution in [2.45, 2.75) is 12.5 Å². The molecule has 3 rings (SSSR count). The van der Waals surface area contributed by atoms with Crippen molar-refractivity contribution in [3.05, 3.63) is 12.7 Å². The molecule has 3 heterocycles. The van der Waals surface area contributed by atoms with Crippen molar-refractivity contribution < 1.29 is 12.9 Å². The van der Waals surface area contributed by atoms with E-state index in [1.54, 1.807) is 12.7 Å². The van der Waals surface area contributed by atoms with Crippen LogP contribution in [0.4, 0.5) is 0 Å². The molecule has 17 heavy (non-hydrogen) atoms. The molecule has 0 radical (unpaired) electrons. The molecule has 2 aliphatic rings. The third-order valence-electron chi connectivity index (χ3n) is 4.10. The highest BCUT2D eigenvalue weighted by Crippen LogP contribution is 2.29. The van der Waals surface area contributed by atoms with Gasteiger partial charge in [-0.05, 0) is 0 Å². The molecule has 0 aliphatic carbocycles. The topological polar surface area (TPSA) is 64.8 Å². The predicted octanol–water partition coefficient (Wildman–Crippen LogP) is -0.532. The third-order valence-corrected chi connectivity index (χ3v) is 5.71.